The molecule has 86 valence electrons. The molecule has 0 bridgehead atoms. The molecular formula is C14H18O2. The molecule has 2 heteroatoms. The number of aliphatic hydroxyl groups is 1. The van der Waals surface area contributed by atoms with Crippen molar-refractivity contribution in [2.24, 2.45) is 0 Å². The Hall–Kier alpha value is -1.46. The molecule has 0 amide bonds. The molecule has 0 aliphatic heterocycles. The molecule has 0 heterocycles. The van der Waals surface area contributed by atoms with Crippen LogP contribution in [0.25, 0.3) is 0 Å². The molecule has 1 N–H and O–H groups in total. The van der Waals surface area contributed by atoms with Gasteiger partial charge in [-0.05, 0) is 52.0 Å². The number of benzene rings is 1. The van der Waals surface area contributed by atoms with Crippen molar-refractivity contribution in [3.05, 3.63) is 29.8 Å². The van der Waals surface area contributed by atoms with Gasteiger partial charge in [-0.25, -0.2) is 0 Å². The minimum absolute atomic E-state index is 0.174. The number of rotatable bonds is 2. The molecule has 1 aromatic carbocycles. The van der Waals surface area contributed by atoms with Gasteiger partial charge in [-0.2, -0.15) is 0 Å². The van der Waals surface area contributed by atoms with E-state index in [1.54, 1.807) is 13.8 Å². The first kappa shape index (κ1) is 12.6. The summed E-state index contributed by atoms with van der Waals surface area (Å²) in [7, 11) is 0. The quantitative estimate of drug-likeness (QED) is 0.773. The van der Waals surface area contributed by atoms with Gasteiger partial charge in [0.25, 0.3) is 0 Å². The fraction of sp³-hybridized carbons (Fsp3) is 0.429. The van der Waals surface area contributed by atoms with Gasteiger partial charge in [0.15, 0.2) is 0 Å². The number of hydrogen-bond acceptors (Lipinski definition) is 2. The molecule has 2 nitrogen and oxygen atoms in total. The van der Waals surface area contributed by atoms with E-state index in [9.17, 15) is 5.11 Å². The maximum absolute atomic E-state index is 9.45. The van der Waals surface area contributed by atoms with E-state index in [2.05, 4.69) is 11.8 Å². The van der Waals surface area contributed by atoms with Crippen LogP contribution in [0.15, 0.2) is 24.3 Å². The average Bonchev–Trinajstić information content (AvgIpc) is 2.14. The van der Waals surface area contributed by atoms with Crippen molar-refractivity contribution in [3.8, 4) is 17.6 Å². The second-order valence-corrected chi connectivity index (χ2v) is 4.50. The van der Waals surface area contributed by atoms with E-state index >= 15 is 0 Å². The Morgan fingerprint density at radius 2 is 1.75 bits per heavy atom. The summed E-state index contributed by atoms with van der Waals surface area (Å²) in [6, 6.07) is 7.54. The second kappa shape index (κ2) is 5.05. The molecule has 0 aromatic heterocycles. The highest BCUT2D eigenvalue weighted by Gasteiger charge is 2.05. The van der Waals surface area contributed by atoms with Gasteiger partial charge >= 0.3 is 0 Å². The molecule has 0 aliphatic rings. The van der Waals surface area contributed by atoms with E-state index in [0.717, 1.165) is 11.3 Å². The Labute approximate surface area is 97.3 Å². The maximum Gasteiger partial charge on any atom is 0.120 e. The van der Waals surface area contributed by atoms with Gasteiger partial charge in [-0.3, -0.25) is 0 Å². The molecule has 0 saturated heterocycles. The third kappa shape index (κ3) is 4.86. The SMILES string of the molecule is CC(C)Oc1ccc(C#CC(C)(C)O)cc1. The Morgan fingerprint density at radius 3 is 2.19 bits per heavy atom. The van der Waals surface area contributed by atoms with Crippen LogP contribution in [-0.2, 0) is 0 Å². The largest absolute Gasteiger partial charge is 0.491 e. The van der Waals surface area contributed by atoms with Gasteiger partial charge in [-0.15, -0.1) is 0 Å². The van der Waals surface area contributed by atoms with E-state index in [0.29, 0.717) is 0 Å². The van der Waals surface area contributed by atoms with Gasteiger partial charge in [0.05, 0.1) is 6.10 Å². The summed E-state index contributed by atoms with van der Waals surface area (Å²) in [5.41, 5.74) is -0.0779. The first-order valence-electron chi connectivity index (χ1n) is 5.39. The smallest absolute Gasteiger partial charge is 0.120 e. The van der Waals surface area contributed by atoms with Crippen LogP contribution in [-0.4, -0.2) is 16.8 Å². The summed E-state index contributed by atoms with van der Waals surface area (Å²) in [5, 5.41) is 9.45. The van der Waals surface area contributed by atoms with Crippen LogP contribution in [0.4, 0.5) is 0 Å². The standard InChI is InChI=1S/C14H18O2/c1-11(2)16-13-7-5-12(6-8-13)9-10-14(3,4)15/h5-8,11,15H,1-4H3. The van der Waals surface area contributed by atoms with Crippen molar-refractivity contribution in [2.75, 3.05) is 0 Å². The Kier molecular flexibility index (Phi) is 3.98. The number of ether oxygens (including phenoxy) is 1. The third-order valence-corrected chi connectivity index (χ3v) is 1.74. The molecule has 0 fully saturated rings. The average molecular weight is 218 g/mol. The molecule has 0 aliphatic carbocycles. The Balaban J connectivity index is 2.75. The van der Waals surface area contributed by atoms with Crippen molar-refractivity contribution in [1.82, 2.24) is 0 Å². The van der Waals surface area contributed by atoms with Crippen molar-refractivity contribution < 1.29 is 9.84 Å². The van der Waals surface area contributed by atoms with Crippen molar-refractivity contribution in [2.45, 2.75) is 39.4 Å². The highest BCUT2D eigenvalue weighted by molar-refractivity contribution is 5.39. The molecule has 0 spiro atoms. The summed E-state index contributed by atoms with van der Waals surface area (Å²) in [6.45, 7) is 7.30. The Morgan fingerprint density at radius 1 is 1.19 bits per heavy atom. The second-order valence-electron chi connectivity index (χ2n) is 4.50. The highest BCUT2D eigenvalue weighted by atomic mass is 16.5. The lowest BCUT2D eigenvalue weighted by Gasteiger charge is -2.09. The topological polar surface area (TPSA) is 29.5 Å². The van der Waals surface area contributed by atoms with E-state index in [4.69, 9.17) is 4.74 Å². The summed E-state index contributed by atoms with van der Waals surface area (Å²) >= 11 is 0. The van der Waals surface area contributed by atoms with Crippen LogP contribution in [0.3, 0.4) is 0 Å². The summed E-state index contributed by atoms with van der Waals surface area (Å²) in [5.74, 6) is 6.51. The minimum Gasteiger partial charge on any atom is -0.491 e. The van der Waals surface area contributed by atoms with Crippen LogP contribution in [0, 0.1) is 11.8 Å². The minimum atomic E-state index is -0.951. The number of hydrogen-bond donors (Lipinski definition) is 1. The van der Waals surface area contributed by atoms with E-state index < -0.39 is 5.60 Å². The van der Waals surface area contributed by atoms with Crippen molar-refractivity contribution >= 4 is 0 Å². The molecule has 0 unspecified atom stereocenters. The fourth-order valence-corrected chi connectivity index (χ4v) is 1.11. The van der Waals surface area contributed by atoms with Gasteiger partial charge in [0.1, 0.15) is 11.4 Å². The molecule has 1 rings (SSSR count). The molecular weight excluding hydrogens is 200 g/mol. The van der Waals surface area contributed by atoms with Gasteiger partial charge in [0, 0.05) is 5.56 Å². The lowest BCUT2D eigenvalue weighted by atomic mass is 10.1. The zero-order chi connectivity index (χ0) is 12.2. The van der Waals surface area contributed by atoms with Crippen molar-refractivity contribution in [1.29, 1.82) is 0 Å². The van der Waals surface area contributed by atoms with E-state index in [-0.39, 0.29) is 6.10 Å². The zero-order valence-electron chi connectivity index (χ0n) is 10.2. The predicted octanol–water partition coefficient (Wildman–Crippen LogP) is 2.60. The monoisotopic (exact) mass is 218 g/mol. The van der Waals surface area contributed by atoms with Crippen LogP contribution < -0.4 is 4.74 Å². The van der Waals surface area contributed by atoms with Crippen molar-refractivity contribution in [3.63, 3.8) is 0 Å². The molecule has 1 aromatic rings. The van der Waals surface area contributed by atoms with Gasteiger partial charge < -0.3 is 9.84 Å². The zero-order valence-corrected chi connectivity index (χ0v) is 10.2. The normalized spacial score (nSPS) is 10.9. The lowest BCUT2D eigenvalue weighted by Crippen LogP contribution is -2.14. The van der Waals surface area contributed by atoms with E-state index in [1.807, 2.05) is 38.1 Å². The van der Waals surface area contributed by atoms with Gasteiger partial charge in [0.2, 0.25) is 0 Å². The molecule has 0 radical (unpaired) electrons. The summed E-state index contributed by atoms with van der Waals surface area (Å²) in [4.78, 5) is 0. The summed E-state index contributed by atoms with van der Waals surface area (Å²) < 4.78 is 5.52. The maximum atomic E-state index is 9.45. The highest BCUT2D eigenvalue weighted by Crippen LogP contribution is 2.13. The predicted molar refractivity (Wildman–Crippen MR) is 65.4 cm³/mol. The first-order valence-corrected chi connectivity index (χ1v) is 5.39. The molecule has 16 heavy (non-hydrogen) atoms. The first-order chi connectivity index (χ1) is 7.37. The fourth-order valence-electron chi connectivity index (χ4n) is 1.11. The third-order valence-electron chi connectivity index (χ3n) is 1.74. The lowest BCUT2D eigenvalue weighted by molar-refractivity contribution is 0.143. The van der Waals surface area contributed by atoms with E-state index in [1.165, 1.54) is 0 Å². The summed E-state index contributed by atoms with van der Waals surface area (Å²) in [6.07, 6.45) is 0.174. The van der Waals surface area contributed by atoms with Gasteiger partial charge in [-0.1, -0.05) is 11.8 Å². The van der Waals surface area contributed by atoms with Crippen LogP contribution >= 0.6 is 0 Å². The van der Waals surface area contributed by atoms with Crippen LogP contribution in [0.1, 0.15) is 33.3 Å². The van der Waals surface area contributed by atoms with Crippen LogP contribution in [0.5, 0.6) is 5.75 Å². The van der Waals surface area contributed by atoms with Crippen LogP contribution in [0.2, 0.25) is 0 Å². The Bertz CT molecular complexity index is 385. The molecule has 0 atom stereocenters. The molecule has 0 saturated carbocycles.